The second-order valence-corrected chi connectivity index (χ2v) is 5.89. The summed E-state index contributed by atoms with van der Waals surface area (Å²) in [5.74, 6) is -0.122. The fraction of sp³-hybridized carbons (Fsp3) is 0.167. The van der Waals surface area contributed by atoms with E-state index in [1.165, 1.54) is 24.5 Å². The number of thiophene rings is 1. The molecule has 1 unspecified atom stereocenters. The molecule has 0 amide bonds. The molecule has 2 rings (SSSR count). The van der Waals surface area contributed by atoms with Crippen LogP contribution in [0.4, 0.5) is 4.39 Å². The summed E-state index contributed by atoms with van der Waals surface area (Å²) in [6.07, 6.45) is -1.01. The van der Waals surface area contributed by atoms with Crippen molar-refractivity contribution >= 4 is 27.3 Å². The van der Waals surface area contributed by atoms with Crippen molar-refractivity contribution in [3.05, 3.63) is 50.4 Å². The Kier molecular flexibility index (Phi) is 3.81. The van der Waals surface area contributed by atoms with Crippen molar-refractivity contribution in [1.82, 2.24) is 0 Å². The van der Waals surface area contributed by atoms with Crippen molar-refractivity contribution in [1.29, 1.82) is 0 Å². The van der Waals surface area contributed by atoms with Gasteiger partial charge in [-0.05, 0) is 40.2 Å². The van der Waals surface area contributed by atoms with Gasteiger partial charge in [0.2, 0.25) is 0 Å². The Bertz CT molecular complexity index is 527. The topological polar surface area (TPSA) is 29.5 Å². The van der Waals surface area contributed by atoms with Gasteiger partial charge in [0, 0.05) is 4.88 Å². The first-order chi connectivity index (χ1) is 8.13. The normalized spacial score (nSPS) is 12.5. The van der Waals surface area contributed by atoms with Gasteiger partial charge >= 0.3 is 0 Å². The van der Waals surface area contributed by atoms with Crippen molar-refractivity contribution in [2.24, 2.45) is 0 Å². The maximum absolute atomic E-state index is 13.7. The van der Waals surface area contributed by atoms with Crippen LogP contribution in [0.2, 0.25) is 0 Å². The Morgan fingerprint density at radius 3 is 2.71 bits per heavy atom. The van der Waals surface area contributed by atoms with E-state index in [-0.39, 0.29) is 5.56 Å². The molecule has 0 bridgehead atoms. The summed E-state index contributed by atoms with van der Waals surface area (Å²) in [7, 11) is 1.45. The van der Waals surface area contributed by atoms with Crippen LogP contribution in [-0.4, -0.2) is 12.2 Å². The number of benzene rings is 1. The fourth-order valence-corrected chi connectivity index (χ4v) is 3.00. The first kappa shape index (κ1) is 12.5. The number of hydrogen-bond acceptors (Lipinski definition) is 3. The lowest BCUT2D eigenvalue weighted by atomic mass is 10.1. The number of aliphatic hydroxyl groups is 1. The van der Waals surface area contributed by atoms with Gasteiger partial charge < -0.3 is 9.84 Å². The highest BCUT2D eigenvalue weighted by atomic mass is 79.9. The monoisotopic (exact) mass is 316 g/mol. The van der Waals surface area contributed by atoms with Crippen LogP contribution in [0.15, 0.2) is 34.1 Å². The van der Waals surface area contributed by atoms with Gasteiger partial charge in [-0.2, -0.15) is 0 Å². The molecule has 2 aromatic rings. The molecule has 0 aliphatic carbocycles. The highest BCUT2D eigenvalue weighted by Gasteiger charge is 2.21. The van der Waals surface area contributed by atoms with E-state index in [1.807, 2.05) is 6.07 Å². The number of aliphatic hydroxyl groups excluding tert-OH is 1. The quantitative estimate of drug-likeness (QED) is 0.934. The third-order valence-electron chi connectivity index (χ3n) is 2.37. The molecule has 1 atom stereocenters. The predicted molar refractivity (Wildman–Crippen MR) is 69.0 cm³/mol. The molecular formula is C12H10BrFO2S. The fourth-order valence-electron chi connectivity index (χ4n) is 1.58. The summed E-state index contributed by atoms with van der Waals surface area (Å²) in [6.45, 7) is 0. The number of halogens is 2. The summed E-state index contributed by atoms with van der Waals surface area (Å²) in [4.78, 5) is 0.667. The molecule has 0 saturated heterocycles. The number of ether oxygens (including phenoxy) is 1. The van der Waals surface area contributed by atoms with Crippen LogP contribution in [0.1, 0.15) is 16.5 Å². The minimum absolute atomic E-state index is 0.171. The molecule has 0 fully saturated rings. The number of rotatable bonds is 3. The van der Waals surface area contributed by atoms with Crippen LogP contribution in [0.5, 0.6) is 5.75 Å². The molecule has 5 heteroatoms. The van der Waals surface area contributed by atoms with Gasteiger partial charge in [0.15, 0.2) is 0 Å². The standard InChI is InChI=1S/C12H10BrFO2S/c1-16-8-4-2-3-7(14)11(8)12(15)9-5-6-10(13)17-9/h2-6,12,15H,1H3. The Hall–Kier alpha value is -0.910. The zero-order valence-electron chi connectivity index (χ0n) is 8.98. The summed E-state index contributed by atoms with van der Waals surface area (Å²) in [5.41, 5.74) is 0.171. The van der Waals surface area contributed by atoms with Gasteiger partial charge in [0.05, 0.1) is 16.5 Å². The minimum Gasteiger partial charge on any atom is -0.496 e. The van der Waals surface area contributed by atoms with Crippen LogP contribution >= 0.6 is 27.3 Å². The van der Waals surface area contributed by atoms with Gasteiger partial charge in [0.25, 0.3) is 0 Å². The molecular weight excluding hydrogens is 307 g/mol. The van der Waals surface area contributed by atoms with E-state index in [2.05, 4.69) is 15.9 Å². The highest BCUT2D eigenvalue weighted by Crippen LogP contribution is 2.36. The molecule has 90 valence electrons. The molecule has 0 aliphatic heterocycles. The van der Waals surface area contributed by atoms with E-state index < -0.39 is 11.9 Å². The maximum Gasteiger partial charge on any atom is 0.133 e. The Labute approximate surface area is 111 Å². The third kappa shape index (κ3) is 2.51. The smallest absolute Gasteiger partial charge is 0.133 e. The van der Waals surface area contributed by atoms with E-state index in [0.29, 0.717) is 10.6 Å². The molecule has 1 aromatic heterocycles. The maximum atomic E-state index is 13.7. The molecule has 1 aromatic carbocycles. The van der Waals surface area contributed by atoms with Gasteiger partial charge in [-0.1, -0.05) is 6.07 Å². The van der Waals surface area contributed by atoms with Crippen LogP contribution in [0.3, 0.4) is 0 Å². The Morgan fingerprint density at radius 1 is 1.35 bits per heavy atom. The number of hydrogen-bond donors (Lipinski definition) is 1. The second-order valence-electron chi connectivity index (χ2n) is 3.40. The Balaban J connectivity index is 2.46. The van der Waals surface area contributed by atoms with Crippen LogP contribution in [-0.2, 0) is 0 Å². The highest BCUT2D eigenvalue weighted by molar-refractivity contribution is 9.11. The first-order valence-corrected chi connectivity index (χ1v) is 6.50. The minimum atomic E-state index is -1.01. The van der Waals surface area contributed by atoms with Crippen molar-refractivity contribution in [2.45, 2.75) is 6.10 Å². The van der Waals surface area contributed by atoms with E-state index in [1.54, 1.807) is 18.2 Å². The molecule has 1 heterocycles. The zero-order chi connectivity index (χ0) is 12.4. The average molecular weight is 317 g/mol. The van der Waals surface area contributed by atoms with Crippen LogP contribution in [0, 0.1) is 5.82 Å². The molecule has 2 nitrogen and oxygen atoms in total. The van der Waals surface area contributed by atoms with Crippen LogP contribution < -0.4 is 4.74 Å². The zero-order valence-corrected chi connectivity index (χ0v) is 11.4. The van der Waals surface area contributed by atoms with Crippen LogP contribution in [0.25, 0.3) is 0 Å². The first-order valence-electron chi connectivity index (χ1n) is 4.89. The van der Waals surface area contributed by atoms with Gasteiger partial charge in [-0.15, -0.1) is 11.3 Å². The van der Waals surface area contributed by atoms with E-state index in [0.717, 1.165) is 3.79 Å². The van der Waals surface area contributed by atoms with E-state index >= 15 is 0 Å². The van der Waals surface area contributed by atoms with Crippen molar-refractivity contribution < 1.29 is 14.2 Å². The summed E-state index contributed by atoms with van der Waals surface area (Å²) < 4.78 is 19.7. The third-order valence-corrected chi connectivity index (χ3v) is 4.05. The largest absolute Gasteiger partial charge is 0.496 e. The molecule has 0 saturated carbocycles. The lowest BCUT2D eigenvalue weighted by Gasteiger charge is -2.14. The lowest BCUT2D eigenvalue weighted by Crippen LogP contribution is -2.03. The molecule has 0 aliphatic rings. The predicted octanol–water partition coefficient (Wildman–Crippen LogP) is 3.74. The average Bonchev–Trinajstić information content (AvgIpc) is 2.74. The van der Waals surface area contributed by atoms with Crippen molar-refractivity contribution in [3.8, 4) is 5.75 Å². The lowest BCUT2D eigenvalue weighted by molar-refractivity contribution is 0.212. The second kappa shape index (κ2) is 5.16. The van der Waals surface area contributed by atoms with E-state index in [4.69, 9.17) is 4.74 Å². The number of methoxy groups -OCH3 is 1. The SMILES string of the molecule is COc1cccc(F)c1C(O)c1ccc(Br)s1. The van der Waals surface area contributed by atoms with Crippen molar-refractivity contribution in [2.75, 3.05) is 7.11 Å². The summed E-state index contributed by atoms with van der Waals surface area (Å²) >= 11 is 4.67. The van der Waals surface area contributed by atoms with Gasteiger partial charge in [-0.3, -0.25) is 0 Å². The van der Waals surface area contributed by atoms with Gasteiger partial charge in [0.1, 0.15) is 17.7 Å². The molecule has 0 radical (unpaired) electrons. The van der Waals surface area contributed by atoms with Gasteiger partial charge in [-0.25, -0.2) is 4.39 Å². The molecule has 17 heavy (non-hydrogen) atoms. The summed E-state index contributed by atoms with van der Waals surface area (Å²) in [6, 6.07) is 8.06. The molecule has 1 N–H and O–H groups in total. The van der Waals surface area contributed by atoms with Crippen molar-refractivity contribution in [3.63, 3.8) is 0 Å². The van der Waals surface area contributed by atoms with E-state index in [9.17, 15) is 9.50 Å². The molecule has 0 spiro atoms. The summed E-state index contributed by atoms with van der Waals surface area (Å²) in [5, 5.41) is 10.2. The Morgan fingerprint density at radius 2 is 2.12 bits per heavy atom.